The Balaban J connectivity index is 2.01. The van der Waals surface area contributed by atoms with Crippen molar-refractivity contribution in [2.24, 2.45) is 0 Å². The molecule has 0 bridgehead atoms. The van der Waals surface area contributed by atoms with Gasteiger partial charge in [-0.2, -0.15) is 18.3 Å². The molecule has 0 radical (unpaired) electrons. The number of alkyl halides is 3. The topological polar surface area (TPSA) is 98.1 Å². The van der Waals surface area contributed by atoms with Gasteiger partial charge in [-0.05, 0) is 45.2 Å². The number of nitrogens with zero attached hydrogens (tertiary/aromatic N) is 3. The molecular weight excluding hydrogens is 427 g/mol. The van der Waals surface area contributed by atoms with Crippen LogP contribution in [0.2, 0.25) is 0 Å². The molecule has 0 aromatic carbocycles. The van der Waals surface area contributed by atoms with Crippen molar-refractivity contribution in [2.75, 3.05) is 13.1 Å². The second kappa shape index (κ2) is 10.0. The summed E-state index contributed by atoms with van der Waals surface area (Å²) in [4.78, 5) is 28.1. The molecule has 0 atom stereocenters. The number of hydrogen-bond acceptors (Lipinski definition) is 5. The number of aromatic nitrogens is 3. The minimum Gasteiger partial charge on any atom is -0.444 e. The largest absolute Gasteiger partial charge is 0.444 e. The van der Waals surface area contributed by atoms with E-state index in [0.29, 0.717) is 30.8 Å². The highest BCUT2D eigenvalue weighted by Crippen LogP contribution is 2.29. The number of pyridine rings is 1. The molecule has 2 aromatic heterocycles. The van der Waals surface area contributed by atoms with E-state index in [1.807, 2.05) is 13.8 Å². The number of rotatable bonds is 7. The van der Waals surface area contributed by atoms with Crippen molar-refractivity contribution in [3.8, 4) is 5.82 Å². The Morgan fingerprint density at radius 2 is 1.75 bits per heavy atom. The highest BCUT2D eigenvalue weighted by atomic mass is 19.4. The predicted octanol–water partition coefficient (Wildman–Crippen LogP) is 4.05. The van der Waals surface area contributed by atoms with E-state index in [9.17, 15) is 22.8 Å². The van der Waals surface area contributed by atoms with Gasteiger partial charge >= 0.3 is 12.3 Å². The van der Waals surface area contributed by atoms with Crippen molar-refractivity contribution in [2.45, 2.75) is 58.7 Å². The number of alkyl carbamates (subject to hydrolysis) is 1. The summed E-state index contributed by atoms with van der Waals surface area (Å²) >= 11 is 0. The molecule has 0 saturated heterocycles. The molecule has 2 amide bonds. The zero-order chi connectivity index (χ0) is 24.1. The minimum atomic E-state index is -4.49. The third kappa shape index (κ3) is 6.96. The van der Waals surface area contributed by atoms with Crippen LogP contribution < -0.4 is 10.6 Å². The van der Waals surface area contributed by atoms with E-state index in [0.717, 1.165) is 12.3 Å². The minimum absolute atomic E-state index is 0.142. The zero-order valence-corrected chi connectivity index (χ0v) is 18.7. The van der Waals surface area contributed by atoms with E-state index in [2.05, 4.69) is 20.7 Å². The molecule has 2 rings (SSSR count). The quantitative estimate of drug-likeness (QED) is 0.614. The monoisotopic (exact) mass is 455 g/mol. The Morgan fingerprint density at radius 3 is 2.28 bits per heavy atom. The number of carbonyl (C=O) groups excluding carboxylic acids is 2. The highest BCUT2D eigenvalue weighted by Gasteiger charge is 2.31. The third-order valence-electron chi connectivity index (χ3n) is 4.20. The van der Waals surface area contributed by atoms with Gasteiger partial charge in [0.25, 0.3) is 5.91 Å². The van der Waals surface area contributed by atoms with Crippen LogP contribution in [0.3, 0.4) is 0 Å². The molecular formula is C21H28F3N5O3. The van der Waals surface area contributed by atoms with Gasteiger partial charge in [0.15, 0.2) is 5.82 Å². The van der Waals surface area contributed by atoms with Crippen molar-refractivity contribution in [3.63, 3.8) is 0 Å². The zero-order valence-electron chi connectivity index (χ0n) is 18.7. The first-order valence-corrected chi connectivity index (χ1v) is 10.2. The molecule has 0 fully saturated rings. The van der Waals surface area contributed by atoms with Crippen LogP contribution in [-0.2, 0) is 10.9 Å². The second-order valence-corrected chi connectivity index (χ2v) is 8.45. The van der Waals surface area contributed by atoms with Crippen molar-refractivity contribution in [1.29, 1.82) is 0 Å². The fourth-order valence-corrected chi connectivity index (χ4v) is 2.84. The number of halogens is 3. The first-order valence-electron chi connectivity index (χ1n) is 10.2. The lowest BCUT2D eigenvalue weighted by Crippen LogP contribution is -2.34. The maximum atomic E-state index is 12.8. The number of nitrogens with one attached hydrogen (secondary N) is 2. The summed E-state index contributed by atoms with van der Waals surface area (Å²) in [6, 6.07) is 2.14. The molecule has 32 heavy (non-hydrogen) atoms. The van der Waals surface area contributed by atoms with Gasteiger partial charge in [0.2, 0.25) is 0 Å². The molecule has 176 valence electrons. The Bertz CT molecular complexity index is 932. The highest BCUT2D eigenvalue weighted by molar-refractivity contribution is 5.95. The summed E-state index contributed by atoms with van der Waals surface area (Å²) in [5.74, 6) is -0.331. The second-order valence-electron chi connectivity index (χ2n) is 8.45. The van der Waals surface area contributed by atoms with Gasteiger partial charge in [-0.15, -0.1) is 0 Å². The van der Waals surface area contributed by atoms with E-state index >= 15 is 0 Å². The van der Waals surface area contributed by atoms with E-state index < -0.39 is 23.4 Å². The Morgan fingerprint density at radius 1 is 1.09 bits per heavy atom. The SMILES string of the molecule is CC(C)c1c(C(=O)NCCCNC(=O)OC(C)(C)C)cnn1-c1ccc(C(F)(F)F)cn1. The molecule has 0 spiro atoms. The van der Waals surface area contributed by atoms with Crippen LogP contribution in [0.15, 0.2) is 24.5 Å². The van der Waals surface area contributed by atoms with Gasteiger partial charge < -0.3 is 15.4 Å². The van der Waals surface area contributed by atoms with E-state index in [1.54, 1.807) is 20.8 Å². The summed E-state index contributed by atoms with van der Waals surface area (Å²) in [7, 11) is 0. The first-order chi connectivity index (χ1) is 14.8. The maximum Gasteiger partial charge on any atom is 0.417 e. The molecule has 2 aromatic rings. The van der Waals surface area contributed by atoms with Crippen LogP contribution in [-0.4, -0.2) is 45.5 Å². The Hall–Kier alpha value is -3.11. The molecule has 11 heteroatoms. The summed E-state index contributed by atoms with van der Waals surface area (Å²) in [6.07, 6.45) is -2.44. The van der Waals surface area contributed by atoms with Gasteiger partial charge in [-0.3, -0.25) is 4.79 Å². The lowest BCUT2D eigenvalue weighted by molar-refractivity contribution is -0.137. The van der Waals surface area contributed by atoms with Crippen molar-refractivity contribution in [1.82, 2.24) is 25.4 Å². The number of carbonyl (C=O) groups is 2. The van der Waals surface area contributed by atoms with Crippen LogP contribution in [0, 0.1) is 0 Å². The van der Waals surface area contributed by atoms with Gasteiger partial charge in [0.1, 0.15) is 5.60 Å². The number of amides is 2. The summed E-state index contributed by atoms with van der Waals surface area (Å²) in [5, 5.41) is 9.52. The maximum absolute atomic E-state index is 12.8. The molecule has 8 nitrogen and oxygen atoms in total. The van der Waals surface area contributed by atoms with Crippen LogP contribution in [0.25, 0.3) is 5.82 Å². The van der Waals surface area contributed by atoms with Gasteiger partial charge in [0.05, 0.1) is 23.0 Å². The molecule has 2 N–H and O–H groups in total. The molecule has 2 heterocycles. The average Bonchev–Trinajstić information content (AvgIpc) is 3.11. The number of hydrogen-bond donors (Lipinski definition) is 2. The molecule has 0 unspecified atom stereocenters. The lowest BCUT2D eigenvalue weighted by Gasteiger charge is -2.19. The van der Waals surface area contributed by atoms with Crippen LogP contribution in [0.1, 0.15) is 68.6 Å². The summed E-state index contributed by atoms with van der Waals surface area (Å²) in [5.41, 5.74) is -0.617. The van der Waals surface area contributed by atoms with Crippen molar-refractivity contribution < 1.29 is 27.5 Å². The Kier molecular flexibility index (Phi) is 7.87. The van der Waals surface area contributed by atoms with Gasteiger partial charge in [0, 0.05) is 19.3 Å². The van der Waals surface area contributed by atoms with Gasteiger partial charge in [-0.25, -0.2) is 14.5 Å². The summed E-state index contributed by atoms with van der Waals surface area (Å²) < 4.78 is 44.8. The van der Waals surface area contributed by atoms with Gasteiger partial charge in [-0.1, -0.05) is 13.8 Å². The fourth-order valence-electron chi connectivity index (χ4n) is 2.84. The smallest absolute Gasteiger partial charge is 0.417 e. The molecule has 0 aliphatic carbocycles. The summed E-state index contributed by atoms with van der Waals surface area (Å²) in [6.45, 7) is 9.60. The van der Waals surface area contributed by atoms with Crippen LogP contribution in [0.4, 0.5) is 18.0 Å². The first kappa shape index (κ1) is 25.2. The van der Waals surface area contributed by atoms with Crippen LogP contribution in [0.5, 0.6) is 0 Å². The third-order valence-corrected chi connectivity index (χ3v) is 4.20. The average molecular weight is 455 g/mol. The Labute approximate surface area is 184 Å². The predicted molar refractivity (Wildman–Crippen MR) is 112 cm³/mol. The fraction of sp³-hybridized carbons (Fsp3) is 0.524. The standard InChI is InChI=1S/C21H28F3N5O3/c1-13(2)17-15(18(30)25-9-6-10-26-19(31)32-20(3,4)5)12-28-29(17)16-8-7-14(11-27-16)21(22,23)24/h7-8,11-13H,6,9-10H2,1-5H3,(H,25,30)(H,26,31). The van der Waals surface area contributed by atoms with E-state index in [4.69, 9.17) is 4.74 Å². The van der Waals surface area contributed by atoms with Crippen LogP contribution >= 0.6 is 0 Å². The molecule has 0 saturated carbocycles. The van der Waals surface area contributed by atoms with Crippen molar-refractivity contribution in [3.05, 3.63) is 41.3 Å². The van der Waals surface area contributed by atoms with E-state index in [-0.39, 0.29) is 17.6 Å². The number of ether oxygens (including phenoxy) is 1. The van der Waals surface area contributed by atoms with E-state index in [1.165, 1.54) is 16.9 Å². The molecule has 0 aliphatic heterocycles. The van der Waals surface area contributed by atoms with Crippen molar-refractivity contribution >= 4 is 12.0 Å². The normalized spacial score (nSPS) is 12.0. The lowest BCUT2D eigenvalue weighted by atomic mass is 10.1. The molecule has 0 aliphatic rings.